The van der Waals surface area contributed by atoms with Gasteiger partial charge in [-0.25, -0.2) is 4.79 Å². The molecule has 0 bridgehead atoms. The monoisotopic (exact) mass is 326 g/mol. The standard InChI is InChI=1S/C18H22N4O2/c19-16(15(11-1-2-11)12-3-4-12)17(23)21-13-5-7-14(8-6-13)22-10-9-20-18(22)24/h5-12,15-16H,1-4,19H2,(H,20,24)(H,21,23)/t16-/m0/s1. The van der Waals surface area contributed by atoms with E-state index in [-0.39, 0.29) is 11.6 Å². The number of imidazole rings is 1. The number of nitrogens with two attached hydrogens (primary N) is 1. The lowest BCUT2D eigenvalue weighted by Gasteiger charge is -2.22. The van der Waals surface area contributed by atoms with Crippen molar-refractivity contribution in [3.63, 3.8) is 0 Å². The number of nitrogens with zero attached hydrogens (tertiary/aromatic N) is 1. The van der Waals surface area contributed by atoms with Gasteiger partial charge in [0.05, 0.1) is 11.7 Å². The molecule has 2 saturated carbocycles. The van der Waals surface area contributed by atoms with E-state index in [4.69, 9.17) is 5.73 Å². The smallest absolute Gasteiger partial charge is 0.325 e. The number of carbonyl (C=O) groups is 1. The predicted molar refractivity (Wildman–Crippen MR) is 91.9 cm³/mol. The van der Waals surface area contributed by atoms with E-state index in [9.17, 15) is 9.59 Å². The molecule has 24 heavy (non-hydrogen) atoms. The van der Waals surface area contributed by atoms with Crippen LogP contribution in [-0.4, -0.2) is 21.5 Å². The Morgan fingerprint density at radius 1 is 1.17 bits per heavy atom. The molecular formula is C18H22N4O2. The van der Waals surface area contributed by atoms with Crippen LogP contribution < -0.4 is 16.7 Å². The highest BCUT2D eigenvalue weighted by atomic mass is 16.2. The molecule has 0 unspecified atom stereocenters. The highest BCUT2D eigenvalue weighted by molar-refractivity contribution is 5.95. The number of benzene rings is 1. The molecule has 0 saturated heterocycles. The van der Waals surface area contributed by atoms with Gasteiger partial charge in [-0.2, -0.15) is 0 Å². The molecule has 4 N–H and O–H groups in total. The van der Waals surface area contributed by atoms with Gasteiger partial charge in [0.2, 0.25) is 5.91 Å². The number of hydrogen-bond acceptors (Lipinski definition) is 3. The van der Waals surface area contributed by atoms with Gasteiger partial charge < -0.3 is 16.0 Å². The van der Waals surface area contributed by atoms with Gasteiger partial charge in [-0.05, 0) is 67.7 Å². The summed E-state index contributed by atoms with van der Waals surface area (Å²) in [6.07, 6.45) is 8.10. The second kappa shape index (κ2) is 5.94. The number of aromatic amines is 1. The molecule has 6 heteroatoms. The van der Waals surface area contributed by atoms with E-state index in [1.54, 1.807) is 36.7 Å². The van der Waals surface area contributed by atoms with Crippen molar-refractivity contribution < 1.29 is 4.79 Å². The number of carbonyl (C=O) groups excluding carboxylic acids is 1. The van der Waals surface area contributed by atoms with E-state index in [0.717, 1.165) is 5.69 Å². The summed E-state index contributed by atoms with van der Waals surface area (Å²) >= 11 is 0. The van der Waals surface area contributed by atoms with E-state index in [1.165, 1.54) is 30.3 Å². The van der Waals surface area contributed by atoms with E-state index < -0.39 is 6.04 Å². The van der Waals surface area contributed by atoms with Crippen molar-refractivity contribution in [2.24, 2.45) is 23.5 Å². The molecule has 0 radical (unpaired) electrons. The molecule has 6 nitrogen and oxygen atoms in total. The second-order valence-electron chi connectivity index (χ2n) is 6.95. The Bertz CT molecular complexity index is 772. The molecule has 0 spiro atoms. The molecular weight excluding hydrogens is 304 g/mol. The number of hydrogen-bond donors (Lipinski definition) is 3. The third-order valence-electron chi connectivity index (χ3n) is 5.11. The molecule has 1 heterocycles. The number of aromatic nitrogens is 2. The maximum Gasteiger partial charge on any atom is 0.330 e. The fraction of sp³-hybridized carbons (Fsp3) is 0.444. The highest BCUT2D eigenvalue weighted by Gasteiger charge is 2.46. The molecule has 1 amide bonds. The van der Waals surface area contributed by atoms with E-state index in [1.807, 2.05) is 0 Å². The minimum Gasteiger partial charge on any atom is -0.325 e. The largest absolute Gasteiger partial charge is 0.330 e. The molecule has 0 aliphatic heterocycles. The van der Waals surface area contributed by atoms with Crippen LogP contribution in [-0.2, 0) is 4.79 Å². The van der Waals surface area contributed by atoms with Crippen LogP contribution in [0.5, 0.6) is 0 Å². The third-order valence-corrected chi connectivity index (χ3v) is 5.11. The van der Waals surface area contributed by atoms with Gasteiger partial charge in [0.15, 0.2) is 0 Å². The first-order valence-corrected chi connectivity index (χ1v) is 8.56. The number of H-pyrrole nitrogens is 1. The van der Waals surface area contributed by atoms with Crippen LogP contribution in [0.15, 0.2) is 41.5 Å². The lowest BCUT2D eigenvalue weighted by molar-refractivity contribution is -0.118. The van der Waals surface area contributed by atoms with Gasteiger partial charge in [0.1, 0.15) is 0 Å². The normalized spacial score (nSPS) is 18.6. The Hall–Kier alpha value is -2.34. The Morgan fingerprint density at radius 2 is 1.79 bits per heavy atom. The molecule has 2 aromatic rings. The quantitative estimate of drug-likeness (QED) is 0.756. The Kier molecular flexibility index (Phi) is 3.76. The molecule has 2 aliphatic carbocycles. The Balaban J connectivity index is 1.44. The lowest BCUT2D eigenvalue weighted by Crippen LogP contribution is -2.43. The second-order valence-corrected chi connectivity index (χ2v) is 6.95. The summed E-state index contributed by atoms with van der Waals surface area (Å²) in [5.41, 5.74) is 7.52. The first-order chi connectivity index (χ1) is 11.6. The van der Waals surface area contributed by atoms with Crippen molar-refractivity contribution in [1.82, 2.24) is 9.55 Å². The Labute approximate surface area is 140 Å². The molecule has 4 rings (SSSR count). The van der Waals surface area contributed by atoms with E-state index in [2.05, 4.69) is 10.3 Å². The SMILES string of the molecule is N[C@H](C(=O)Nc1ccc(-n2cc[nH]c2=O)cc1)C(C1CC1)C1CC1. The zero-order chi connectivity index (χ0) is 16.7. The van der Waals surface area contributed by atoms with Crippen LogP contribution in [0, 0.1) is 17.8 Å². The first kappa shape index (κ1) is 15.2. The summed E-state index contributed by atoms with van der Waals surface area (Å²) in [6.45, 7) is 0. The molecule has 1 atom stereocenters. The lowest BCUT2D eigenvalue weighted by atomic mass is 9.89. The van der Waals surface area contributed by atoms with E-state index in [0.29, 0.717) is 23.4 Å². The number of nitrogens with one attached hydrogen (secondary N) is 2. The average Bonchev–Trinajstić information content (AvgIpc) is 3.50. The van der Waals surface area contributed by atoms with Crippen molar-refractivity contribution in [1.29, 1.82) is 0 Å². The highest BCUT2D eigenvalue weighted by Crippen LogP contribution is 2.50. The maximum atomic E-state index is 12.5. The number of amides is 1. The number of rotatable bonds is 6. The Morgan fingerprint density at radius 3 is 2.29 bits per heavy atom. The average molecular weight is 326 g/mol. The van der Waals surface area contributed by atoms with Gasteiger partial charge in [-0.1, -0.05) is 0 Å². The maximum absolute atomic E-state index is 12.5. The number of anilines is 1. The molecule has 2 fully saturated rings. The van der Waals surface area contributed by atoms with Crippen LogP contribution >= 0.6 is 0 Å². The van der Waals surface area contributed by atoms with Gasteiger partial charge in [0, 0.05) is 18.1 Å². The third kappa shape index (κ3) is 3.01. The van der Waals surface area contributed by atoms with Crippen LogP contribution in [0.4, 0.5) is 5.69 Å². The molecule has 126 valence electrons. The topological polar surface area (TPSA) is 92.9 Å². The summed E-state index contributed by atoms with van der Waals surface area (Å²) < 4.78 is 1.51. The van der Waals surface area contributed by atoms with Crippen molar-refractivity contribution in [3.05, 3.63) is 47.1 Å². The van der Waals surface area contributed by atoms with Gasteiger partial charge in [0.25, 0.3) is 0 Å². The summed E-state index contributed by atoms with van der Waals surface area (Å²) in [5.74, 6) is 1.51. The van der Waals surface area contributed by atoms with Crippen molar-refractivity contribution in [2.45, 2.75) is 31.7 Å². The minimum absolute atomic E-state index is 0.106. The van der Waals surface area contributed by atoms with Crippen LogP contribution in [0.3, 0.4) is 0 Å². The molecule has 1 aromatic heterocycles. The van der Waals surface area contributed by atoms with Crippen molar-refractivity contribution in [3.8, 4) is 5.69 Å². The summed E-state index contributed by atoms with van der Waals surface area (Å²) in [5, 5.41) is 2.92. The zero-order valence-electron chi connectivity index (χ0n) is 13.4. The van der Waals surface area contributed by atoms with Gasteiger partial charge in [-0.3, -0.25) is 9.36 Å². The van der Waals surface area contributed by atoms with Crippen LogP contribution in [0.25, 0.3) is 5.69 Å². The fourth-order valence-electron chi connectivity index (χ4n) is 3.56. The summed E-state index contributed by atoms with van der Waals surface area (Å²) in [4.78, 5) is 26.7. The first-order valence-electron chi connectivity index (χ1n) is 8.56. The van der Waals surface area contributed by atoms with Crippen molar-refractivity contribution in [2.75, 3.05) is 5.32 Å². The van der Waals surface area contributed by atoms with Gasteiger partial charge >= 0.3 is 5.69 Å². The van der Waals surface area contributed by atoms with Gasteiger partial charge in [-0.15, -0.1) is 0 Å². The summed E-state index contributed by atoms with van der Waals surface area (Å²) in [7, 11) is 0. The van der Waals surface area contributed by atoms with Crippen molar-refractivity contribution >= 4 is 11.6 Å². The van der Waals surface area contributed by atoms with E-state index >= 15 is 0 Å². The fourth-order valence-corrected chi connectivity index (χ4v) is 3.56. The molecule has 2 aliphatic rings. The predicted octanol–water partition coefficient (Wildman–Crippen LogP) is 1.87. The van der Waals surface area contributed by atoms with Crippen LogP contribution in [0.2, 0.25) is 0 Å². The molecule has 1 aromatic carbocycles. The zero-order valence-corrected chi connectivity index (χ0v) is 13.4. The summed E-state index contributed by atoms with van der Waals surface area (Å²) in [6, 6.07) is 6.76. The van der Waals surface area contributed by atoms with Crippen LogP contribution in [0.1, 0.15) is 25.7 Å². The minimum atomic E-state index is -0.433.